The fraction of sp³-hybridized carbons (Fsp3) is 0.143. The summed E-state index contributed by atoms with van der Waals surface area (Å²) in [5.41, 5.74) is 3.51. The summed E-state index contributed by atoms with van der Waals surface area (Å²) >= 11 is 0. The maximum atomic E-state index is 14.9. The zero-order chi connectivity index (χ0) is 25.9. The molecule has 2 aromatic heterocycles. The Morgan fingerprint density at radius 1 is 1.00 bits per heavy atom. The van der Waals surface area contributed by atoms with Crippen molar-refractivity contribution in [3.8, 4) is 11.1 Å². The standard InChI is InChI=1S/C28H21F3N4O2/c1-16-5-6-21(22(30)8-16)17-9-18(25-13-27(37-35-25)24-4-2-3-7-32-24)11-19(10-17)28(36)34-15-26-23(31)12-20(29)14-33-26/h2-12,14,27H,13,15H2,1H3,(H,34,36). The lowest BCUT2D eigenvalue weighted by Gasteiger charge is -2.12. The van der Waals surface area contributed by atoms with Gasteiger partial charge in [-0.3, -0.25) is 14.8 Å². The van der Waals surface area contributed by atoms with E-state index in [-0.39, 0.29) is 23.9 Å². The molecule has 4 aromatic rings. The molecule has 0 fully saturated rings. The van der Waals surface area contributed by atoms with Crippen LogP contribution < -0.4 is 5.32 Å². The van der Waals surface area contributed by atoms with E-state index in [0.29, 0.717) is 40.6 Å². The number of hydrogen-bond donors (Lipinski definition) is 1. The Morgan fingerprint density at radius 3 is 2.59 bits per heavy atom. The molecule has 0 saturated heterocycles. The highest BCUT2D eigenvalue weighted by Crippen LogP contribution is 2.31. The summed E-state index contributed by atoms with van der Waals surface area (Å²) in [7, 11) is 0. The fourth-order valence-corrected chi connectivity index (χ4v) is 4.05. The van der Waals surface area contributed by atoms with Gasteiger partial charge in [0.25, 0.3) is 5.91 Å². The quantitative estimate of drug-likeness (QED) is 0.369. The van der Waals surface area contributed by atoms with E-state index in [2.05, 4.69) is 20.4 Å². The molecule has 0 spiro atoms. The number of carbonyl (C=O) groups excluding carboxylic acids is 1. The molecule has 1 amide bonds. The molecule has 1 atom stereocenters. The summed E-state index contributed by atoms with van der Waals surface area (Å²) in [5.74, 6) is -2.65. The van der Waals surface area contributed by atoms with Crippen LogP contribution >= 0.6 is 0 Å². The molecule has 3 heterocycles. The number of oxime groups is 1. The third-order valence-electron chi connectivity index (χ3n) is 5.95. The zero-order valence-electron chi connectivity index (χ0n) is 19.7. The van der Waals surface area contributed by atoms with E-state index in [0.717, 1.165) is 11.8 Å². The third-order valence-corrected chi connectivity index (χ3v) is 5.95. The van der Waals surface area contributed by atoms with Crippen molar-refractivity contribution in [1.29, 1.82) is 0 Å². The molecule has 1 aliphatic heterocycles. The van der Waals surface area contributed by atoms with E-state index in [1.54, 1.807) is 49.5 Å². The molecule has 37 heavy (non-hydrogen) atoms. The lowest BCUT2D eigenvalue weighted by Crippen LogP contribution is -2.24. The number of nitrogens with one attached hydrogen (secondary N) is 1. The summed E-state index contributed by atoms with van der Waals surface area (Å²) in [6.45, 7) is 1.53. The number of nitrogens with zero attached hydrogens (tertiary/aromatic N) is 3. The minimum absolute atomic E-state index is 0.109. The summed E-state index contributed by atoms with van der Waals surface area (Å²) in [6.07, 6.45) is 2.56. The van der Waals surface area contributed by atoms with Crippen molar-refractivity contribution in [2.24, 2.45) is 5.16 Å². The first-order valence-corrected chi connectivity index (χ1v) is 11.5. The van der Waals surface area contributed by atoms with Crippen molar-refractivity contribution >= 4 is 11.6 Å². The van der Waals surface area contributed by atoms with Gasteiger partial charge in [-0.1, -0.05) is 23.4 Å². The summed E-state index contributed by atoms with van der Waals surface area (Å²) in [4.78, 5) is 26.7. The first kappa shape index (κ1) is 24.2. The second-order valence-electron chi connectivity index (χ2n) is 8.64. The van der Waals surface area contributed by atoms with Crippen molar-refractivity contribution < 1.29 is 22.8 Å². The van der Waals surface area contributed by atoms with Gasteiger partial charge in [-0.2, -0.15) is 0 Å². The number of amides is 1. The largest absolute Gasteiger partial charge is 0.385 e. The molecular formula is C28H21F3N4O2. The summed E-state index contributed by atoms with van der Waals surface area (Å²) in [6, 6.07) is 15.9. The number of rotatable bonds is 6. The predicted molar refractivity (Wildman–Crippen MR) is 131 cm³/mol. The molecule has 1 N–H and O–H groups in total. The molecule has 0 bridgehead atoms. The van der Waals surface area contributed by atoms with Gasteiger partial charge in [0, 0.05) is 35.4 Å². The van der Waals surface area contributed by atoms with Gasteiger partial charge in [-0.25, -0.2) is 13.2 Å². The number of aryl methyl sites for hydroxylation is 1. The van der Waals surface area contributed by atoms with Crippen LogP contribution in [-0.2, 0) is 11.4 Å². The minimum atomic E-state index is -0.866. The Morgan fingerprint density at radius 2 is 1.84 bits per heavy atom. The van der Waals surface area contributed by atoms with Crippen LogP contribution in [0.1, 0.15) is 45.4 Å². The number of carbonyl (C=O) groups is 1. The highest BCUT2D eigenvalue weighted by molar-refractivity contribution is 6.05. The van der Waals surface area contributed by atoms with Gasteiger partial charge in [0.15, 0.2) is 6.10 Å². The number of hydrogen-bond acceptors (Lipinski definition) is 5. The molecule has 0 aliphatic carbocycles. The average Bonchev–Trinajstić information content (AvgIpc) is 3.39. The van der Waals surface area contributed by atoms with Crippen LogP contribution in [0.2, 0.25) is 0 Å². The van der Waals surface area contributed by atoms with Crippen molar-refractivity contribution in [2.75, 3.05) is 0 Å². The van der Waals surface area contributed by atoms with Crippen LogP contribution in [0.4, 0.5) is 13.2 Å². The Kier molecular flexibility index (Phi) is 6.68. The normalized spacial score (nSPS) is 14.7. The molecule has 0 radical (unpaired) electrons. The predicted octanol–water partition coefficient (Wildman–Crippen LogP) is 5.67. The van der Waals surface area contributed by atoms with Gasteiger partial charge >= 0.3 is 0 Å². The first-order chi connectivity index (χ1) is 17.9. The van der Waals surface area contributed by atoms with Gasteiger partial charge in [-0.15, -0.1) is 0 Å². The second kappa shape index (κ2) is 10.2. The SMILES string of the molecule is Cc1ccc(-c2cc(C(=O)NCc3ncc(F)cc3F)cc(C3=NOC(c4ccccn4)C3)c2)c(F)c1. The van der Waals surface area contributed by atoms with Crippen molar-refractivity contribution in [3.63, 3.8) is 0 Å². The van der Waals surface area contributed by atoms with Crippen molar-refractivity contribution in [1.82, 2.24) is 15.3 Å². The van der Waals surface area contributed by atoms with Gasteiger partial charge in [0.2, 0.25) is 0 Å². The molecule has 1 unspecified atom stereocenters. The highest BCUT2D eigenvalue weighted by Gasteiger charge is 2.26. The van der Waals surface area contributed by atoms with Crippen LogP contribution in [0.15, 0.2) is 78.2 Å². The Labute approximate surface area is 210 Å². The second-order valence-corrected chi connectivity index (χ2v) is 8.64. The lowest BCUT2D eigenvalue weighted by atomic mass is 9.94. The summed E-state index contributed by atoms with van der Waals surface area (Å²) < 4.78 is 42.0. The Balaban J connectivity index is 1.46. The minimum Gasteiger partial charge on any atom is -0.385 e. The van der Waals surface area contributed by atoms with E-state index >= 15 is 0 Å². The van der Waals surface area contributed by atoms with E-state index in [9.17, 15) is 18.0 Å². The van der Waals surface area contributed by atoms with Crippen LogP contribution in [-0.4, -0.2) is 21.6 Å². The first-order valence-electron chi connectivity index (χ1n) is 11.5. The maximum absolute atomic E-state index is 14.9. The highest BCUT2D eigenvalue weighted by atomic mass is 19.1. The van der Waals surface area contributed by atoms with Crippen LogP contribution in [0, 0.1) is 24.4 Å². The van der Waals surface area contributed by atoms with Crippen LogP contribution in [0.3, 0.4) is 0 Å². The van der Waals surface area contributed by atoms with Crippen molar-refractivity contribution in [2.45, 2.75) is 26.0 Å². The van der Waals surface area contributed by atoms with Crippen molar-refractivity contribution in [3.05, 3.63) is 119 Å². The topological polar surface area (TPSA) is 76.5 Å². The number of aromatic nitrogens is 2. The smallest absolute Gasteiger partial charge is 0.251 e. The molecule has 0 saturated carbocycles. The van der Waals surface area contributed by atoms with Crippen LogP contribution in [0.5, 0.6) is 0 Å². The Bertz CT molecular complexity index is 1510. The van der Waals surface area contributed by atoms with Gasteiger partial charge in [-0.05, 0) is 54.4 Å². The number of pyridine rings is 2. The Hall–Kier alpha value is -4.53. The van der Waals surface area contributed by atoms with E-state index in [1.807, 2.05) is 12.1 Å². The van der Waals surface area contributed by atoms with E-state index in [1.165, 1.54) is 6.07 Å². The molecule has 2 aromatic carbocycles. The zero-order valence-corrected chi connectivity index (χ0v) is 19.7. The fourth-order valence-electron chi connectivity index (χ4n) is 4.05. The average molecular weight is 502 g/mol. The lowest BCUT2D eigenvalue weighted by molar-refractivity contribution is 0.0826. The maximum Gasteiger partial charge on any atom is 0.251 e. The van der Waals surface area contributed by atoms with Gasteiger partial charge in [0.05, 0.1) is 29.8 Å². The molecule has 9 heteroatoms. The van der Waals surface area contributed by atoms with E-state index in [4.69, 9.17) is 4.84 Å². The molecule has 186 valence electrons. The van der Waals surface area contributed by atoms with Gasteiger partial charge < -0.3 is 10.2 Å². The molecular weight excluding hydrogens is 481 g/mol. The molecule has 5 rings (SSSR count). The number of benzene rings is 2. The van der Waals surface area contributed by atoms with E-state index < -0.39 is 23.4 Å². The monoisotopic (exact) mass is 502 g/mol. The number of halogens is 3. The third kappa shape index (κ3) is 5.35. The van der Waals surface area contributed by atoms with Crippen LogP contribution in [0.25, 0.3) is 11.1 Å². The molecule has 1 aliphatic rings. The van der Waals surface area contributed by atoms with Gasteiger partial charge in [0.1, 0.15) is 17.5 Å². The summed E-state index contributed by atoms with van der Waals surface area (Å²) in [5, 5.41) is 6.80. The molecule has 6 nitrogen and oxygen atoms in total.